The highest BCUT2D eigenvalue weighted by molar-refractivity contribution is 5.97. The summed E-state index contributed by atoms with van der Waals surface area (Å²) in [4.78, 5) is 25.1. The van der Waals surface area contributed by atoms with Crippen molar-refractivity contribution in [1.29, 1.82) is 0 Å². The van der Waals surface area contributed by atoms with E-state index in [1.54, 1.807) is 11.9 Å². The summed E-state index contributed by atoms with van der Waals surface area (Å²) in [6.45, 7) is 2.66. The predicted octanol–water partition coefficient (Wildman–Crippen LogP) is 0.856. The highest BCUT2D eigenvalue weighted by atomic mass is 16.2. The Labute approximate surface area is 83.8 Å². The average Bonchev–Trinajstić information content (AvgIpc) is 2.72. The third-order valence-corrected chi connectivity index (χ3v) is 3.35. The molecule has 0 aliphatic heterocycles. The maximum Gasteiger partial charge on any atom is 0.226 e. The number of ketones is 1. The maximum atomic E-state index is 11.9. The summed E-state index contributed by atoms with van der Waals surface area (Å²) < 4.78 is 0. The monoisotopic (exact) mass is 193 g/mol. The highest BCUT2D eigenvalue weighted by Crippen LogP contribution is 2.41. The molecule has 3 heteroatoms. The Morgan fingerprint density at radius 2 is 2.29 bits per heavy atom. The van der Waals surface area contributed by atoms with Gasteiger partial charge in [0.05, 0.1) is 5.92 Å². The number of allylic oxidation sites excluding steroid dienone is 2. The second-order valence-corrected chi connectivity index (χ2v) is 4.11. The van der Waals surface area contributed by atoms with Crippen molar-refractivity contribution in [2.75, 3.05) is 13.6 Å². The van der Waals surface area contributed by atoms with Gasteiger partial charge in [0.2, 0.25) is 5.91 Å². The lowest BCUT2D eigenvalue weighted by molar-refractivity contribution is -0.136. The molecular formula is C11H15NO2. The molecule has 0 N–H and O–H groups in total. The van der Waals surface area contributed by atoms with E-state index in [2.05, 4.69) is 0 Å². The van der Waals surface area contributed by atoms with Crippen molar-refractivity contribution in [2.45, 2.75) is 13.3 Å². The Balaban J connectivity index is 2.12. The topological polar surface area (TPSA) is 37.4 Å². The molecule has 3 atom stereocenters. The molecule has 1 amide bonds. The van der Waals surface area contributed by atoms with Crippen LogP contribution in [0.25, 0.3) is 0 Å². The summed E-state index contributed by atoms with van der Waals surface area (Å²) in [6, 6.07) is 0. The van der Waals surface area contributed by atoms with Crippen LogP contribution < -0.4 is 0 Å². The molecule has 3 nitrogen and oxygen atoms in total. The van der Waals surface area contributed by atoms with Gasteiger partial charge in [0.25, 0.3) is 0 Å². The maximum absolute atomic E-state index is 11.9. The first kappa shape index (κ1) is 9.44. The van der Waals surface area contributed by atoms with Crippen LogP contribution in [-0.2, 0) is 9.59 Å². The minimum atomic E-state index is -0.124. The normalized spacial score (nSPS) is 33.9. The molecule has 0 saturated heterocycles. The van der Waals surface area contributed by atoms with Crippen LogP contribution in [0.3, 0.4) is 0 Å². The molecule has 1 fully saturated rings. The molecule has 0 aromatic heterocycles. The van der Waals surface area contributed by atoms with Crippen LogP contribution in [0.2, 0.25) is 0 Å². The van der Waals surface area contributed by atoms with Crippen LogP contribution >= 0.6 is 0 Å². The molecule has 0 aromatic carbocycles. The fraction of sp³-hybridized carbons (Fsp3) is 0.636. The molecular weight excluding hydrogens is 178 g/mol. The van der Waals surface area contributed by atoms with Gasteiger partial charge in [-0.2, -0.15) is 0 Å². The average molecular weight is 193 g/mol. The zero-order valence-electron chi connectivity index (χ0n) is 8.56. The predicted molar refractivity (Wildman–Crippen MR) is 52.5 cm³/mol. The number of hydrogen-bond acceptors (Lipinski definition) is 2. The summed E-state index contributed by atoms with van der Waals surface area (Å²) in [5, 5.41) is 0. The quantitative estimate of drug-likeness (QED) is 0.610. The Morgan fingerprint density at radius 3 is 2.71 bits per heavy atom. The second kappa shape index (κ2) is 3.23. The standard InChI is InChI=1S/C11H15NO2/c1-3-12(2)11(14)9-6-7-4-5-8(9)10(7)13/h4-5,7-9H,3,6H2,1-2H3. The summed E-state index contributed by atoms with van der Waals surface area (Å²) in [5.41, 5.74) is 0. The van der Waals surface area contributed by atoms with Gasteiger partial charge in [-0.15, -0.1) is 0 Å². The first-order valence-corrected chi connectivity index (χ1v) is 5.12. The highest BCUT2D eigenvalue weighted by Gasteiger charge is 2.47. The number of carbonyl (C=O) groups is 2. The fourth-order valence-electron chi connectivity index (χ4n) is 2.33. The summed E-state index contributed by atoms with van der Waals surface area (Å²) in [7, 11) is 1.79. The third-order valence-electron chi connectivity index (χ3n) is 3.35. The van der Waals surface area contributed by atoms with Crippen LogP contribution in [0.4, 0.5) is 0 Å². The number of hydrogen-bond donors (Lipinski definition) is 0. The molecule has 14 heavy (non-hydrogen) atoms. The third kappa shape index (κ3) is 1.19. The van der Waals surface area contributed by atoms with Gasteiger partial charge in [0.1, 0.15) is 5.78 Å². The molecule has 3 unspecified atom stereocenters. The van der Waals surface area contributed by atoms with Crippen molar-refractivity contribution in [2.24, 2.45) is 17.8 Å². The van der Waals surface area contributed by atoms with Gasteiger partial charge in [-0.3, -0.25) is 9.59 Å². The van der Waals surface area contributed by atoms with Gasteiger partial charge in [0.15, 0.2) is 0 Å². The molecule has 76 valence electrons. The summed E-state index contributed by atoms with van der Waals surface area (Å²) >= 11 is 0. The number of Topliss-reactive ketones (excluding diaryl/α,β-unsaturated/α-hetero) is 1. The van der Waals surface area contributed by atoms with Crippen LogP contribution in [0.15, 0.2) is 12.2 Å². The lowest BCUT2D eigenvalue weighted by atomic mass is 9.92. The van der Waals surface area contributed by atoms with E-state index in [1.807, 2.05) is 19.1 Å². The van der Waals surface area contributed by atoms with Crippen LogP contribution in [0.1, 0.15) is 13.3 Å². The van der Waals surface area contributed by atoms with Crippen LogP contribution in [-0.4, -0.2) is 30.2 Å². The van der Waals surface area contributed by atoms with E-state index in [0.29, 0.717) is 6.54 Å². The van der Waals surface area contributed by atoms with Crippen LogP contribution in [0.5, 0.6) is 0 Å². The van der Waals surface area contributed by atoms with E-state index in [9.17, 15) is 9.59 Å². The van der Waals surface area contributed by atoms with E-state index in [4.69, 9.17) is 0 Å². The van der Waals surface area contributed by atoms with E-state index in [0.717, 1.165) is 6.42 Å². The number of carbonyl (C=O) groups excluding carboxylic acids is 2. The number of nitrogens with zero attached hydrogens (tertiary/aromatic N) is 1. The number of amides is 1. The summed E-state index contributed by atoms with van der Waals surface area (Å²) in [5.74, 6) is 0.189. The first-order valence-electron chi connectivity index (χ1n) is 5.12. The largest absolute Gasteiger partial charge is 0.346 e. The Morgan fingerprint density at radius 1 is 1.57 bits per heavy atom. The van der Waals surface area contributed by atoms with E-state index in [-0.39, 0.29) is 29.4 Å². The molecule has 1 saturated carbocycles. The summed E-state index contributed by atoms with van der Waals surface area (Å²) in [6.07, 6.45) is 4.58. The number of rotatable bonds is 2. The minimum Gasteiger partial charge on any atom is -0.346 e. The molecule has 2 bridgehead atoms. The lowest BCUT2D eigenvalue weighted by Crippen LogP contribution is -2.35. The van der Waals surface area contributed by atoms with Gasteiger partial charge in [-0.25, -0.2) is 0 Å². The first-order chi connectivity index (χ1) is 6.65. The molecule has 0 aromatic rings. The molecule has 2 aliphatic rings. The van der Waals surface area contributed by atoms with Gasteiger partial charge in [-0.1, -0.05) is 12.2 Å². The Kier molecular flexibility index (Phi) is 2.17. The van der Waals surface area contributed by atoms with E-state index >= 15 is 0 Å². The Bertz CT molecular complexity index is 308. The SMILES string of the molecule is CCN(C)C(=O)C1CC2C=CC1C2=O. The van der Waals surface area contributed by atoms with Crippen molar-refractivity contribution >= 4 is 11.7 Å². The molecule has 0 heterocycles. The fourth-order valence-corrected chi connectivity index (χ4v) is 2.33. The van der Waals surface area contributed by atoms with Crippen molar-refractivity contribution in [3.8, 4) is 0 Å². The molecule has 2 aliphatic carbocycles. The second-order valence-electron chi connectivity index (χ2n) is 4.11. The van der Waals surface area contributed by atoms with Gasteiger partial charge in [-0.05, 0) is 13.3 Å². The smallest absolute Gasteiger partial charge is 0.226 e. The van der Waals surface area contributed by atoms with Crippen molar-refractivity contribution < 1.29 is 9.59 Å². The lowest BCUT2D eigenvalue weighted by Gasteiger charge is -2.22. The molecule has 2 rings (SSSR count). The molecule has 0 radical (unpaired) electrons. The van der Waals surface area contributed by atoms with Gasteiger partial charge in [0, 0.05) is 25.4 Å². The van der Waals surface area contributed by atoms with E-state index in [1.165, 1.54) is 0 Å². The zero-order valence-corrected chi connectivity index (χ0v) is 8.56. The van der Waals surface area contributed by atoms with E-state index < -0.39 is 0 Å². The zero-order chi connectivity index (χ0) is 10.3. The molecule has 0 spiro atoms. The number of fused-ring (bicyclic) bond motifs is 2. The van der Waals surface area contributed by atoms with Crippen LogP contribution in [0, 0.1) is 17.8 Å². The van der Waals surface area contributed by atoms with Crippen molar-refractivity contribution in [3.63, 3.8) is 0 Å². The van der Waals surface area contributed by atoms with Crippen molar-refractivity contribution in [3.05, 3.63) is 12.2 Å². The van der Waals surface area contributed by atoms with Gasteiger partial charge >= 0.3 is 0 Å². The minimum absolute atomic E-state index is 0.0270. The van der Waals surface area contributed by atoms with Crippen molar-refractivity contribution in [1.82, 2.24) is 4.90 Å². The Hall–Kier alpha value is -1.12. The van der Waals surface area contributed by atoms with Gasteiger partial charge < -0.3 is 4.90 Å².